The van der Waals surface area contributed by atoms with Gasteiger partial charge in [0, 0.05) is 17.3 Å². The number of benzene rings is 3. The molecule has 154 valence electrons. The second-order valence-electron chi connectivity index (χ2n) is 7.54. The Morgan fingerprint density at radius 1 is 0.839 bits per heavy atom. The number of anilines is 2. The number of hydrogen-bond acceptors (Lipinski definition) is 3. The monoisotopic (exact) mass is 432 g/mol. The number of nitrogens with zero attached hydrogens (tertiary/aromatic N) is 2. The summed E-state index contributed by atoms with van der Waals surface area (Å²) >= 11 is 6.05. The van der Waals surface area contributed by atoms with Gasteiger partial charge in [0.25, 0.3) is 11.8 Å². The fraction of sp³-hybridized carbons (Fsp3) is 0.120. The van der Waals surface area contributed by atoms with E-state index in [2.05, 4.69) is 0 Å². The van der Waals surface area contributed by atoms with Gasteiger partial charge in [-0.25, -0.2) is 9.29 Å². The van der Waals surface area contributed by atoms with Crippen molar-refractivity contribution in [1.82, 2.24) is 0 Å². The fourth-order valence-corrected chi connectivity index (χ4v) is 4.36. The van der Waals surface area contributed by atoms with Gasteiger partial charge < -0.3 is 4.90 Å². The number of carbonyl (C=O) groups is 2. The average molecular weight is 433 g/mol. The van der Waals surface area contributed by atoms with Gasteiger partial charge in [-0.05, 0) is 66.4 Å². The van der Waals surface area contributed by atoms with Gasteiger partial charge in [0.2, 0.25) is 0 Å². The maximum Gasteiger partial charge on any atom is 0.282 e. The molecule has 0 unspecified atom stereocenters. The molecule has 5 rings (SSSR count). The molecule has 0 atom stereocenters. The Morgan fingerprint density at radius 2 is 1.55 bits per heavy atom. The molecule has 3 aromatic rings. The maximum atomic E-state index is 13.6. The summed E-state index contributed by atoms with van der Waals surface area (Å²) in [4.78, 5) is 30.3. The lowest BCUT2D eigenvalue weighted by Gasteiger charge is -2.32. The van der Waals surface area contributed by atoms with Gasteiger partial charge in [0.15, 0.2) is 0 Å². The highest BCUT2D eigenvalue weighted by Crippen LogP contribution is 2.39. The number of fused-ring (bicyclic) bond motifs is 1. The minimum atomic E-state index is -0.433. The normalized spacial score (nSPS) is 16.2. The standard InChI is InChI=1S/C25H18ClFN2O2/c26-18-9-7-17(8-10-18)22-23(28-15-3-5-16-4-1-2-6-21(16)28)25(31)29(24(22)30)20-13-11-19(27)12-14-20/h1-2,4,6-14H,3,5,15H2. The summed E-state index contributed by atoms with van der Waals surface area (Å²) < 4.78 is 13.5. The Labute approximate surface area is 184 Å². The number of rotatable bonds is 3. The third-order valence-electron chi connectivity index (χ3n) is 5.66. The van der Waals surface area contributed by atoms with Gasteiger partial charge >= 0.3 is 0 Å². The molecule has 6 heteroatoms. The van der Waals surface area contributed by atoms with E-state index in [-0.39, 0.29) is 0 Å². The quantitative estimate of drug-likeness (QED) is 0.533. The molecule has 0 saturated carbocycles. The molecule has 2 amide bonds. The van der Waals surface area contributed by atoms with Crippen molar-refractivity contribution in [3.63, 3.8) is 0 Å². The van der Waals surface area contributed by atoms with E-state index in [9.17, 15) is 14.0 Å². The van der Waals surface area contributed by atoms with Crippen molar-refractivity contribution in [2.45, 2.75) is 12.8 Å². The van der Waals surface area contributed by atoms with Crippen LogP contribution in [-0.2, 0) is 16.0 Å². The fourth-order valence-electron chi connectivity index (χ4n) is 4.24. The molecule has 2 heterocycles. The summed E-state index contributed by atoms with van der Waals surface area (Å²) in [6.07, 6.45) is 1.78. The zero-order chi connectivity index (χ0) is 21.5. The average Bonchev–Trinajstić information content (AvgIpc) is 3.04. The molecule has 2 aliphatic heterocycles. The Hall–Kier alpha value is -3.44. The highest BCUT2D eigenvalue weighted by Gasteiger charge is 2.43. The van der Waals surface area contributed by atoms with Crippen LogP contribution in [0.3, 0.4) is 0 Å². The molecule has 2 aliphatic rings. The Balaban J connectivity index is 1.69. The van der Waals surface area contributed by atoms with Gasteiger partial charge in [-0.2, -0.15) is 0 Å². The topological polar surface area (TPSA) is 40.6 Å². The number of halogens is 2. The van der Waals surface area contributed by atoms with Crippen molar-refractivity contribution in [2.75, 3.05) is 16.3 Å². The van der Waals surface area contributed by atoms with Crippen LogP contribution in [0.25, 0.3) is 5.57 Å². The number of para-hydroxylation sites is 1. The molecule has 0 aromatic heterocycles. The summed E-state index contributed by atoms with van der Waals surface area (Å²) in [7, 11) is 0. The number of amides is 2. The Bertz CT molecular complexity index is 1220. The molecular formula is C25H18ClFN2O2. The van der Waals surface area contributed by atoms with E-state index in [0.29, 0.717) is 34.1 Å². The summed E-state index contributed by atoms with van der Waals surface area (Å²) in [6, 6.07) is 20.2. The van der Waals surface area contributed by atoms with Gasteiger partial charge in [-0.3, -0.25) is 9.59 Å². The number of imide groups is 1. The lowest BCUT2D eigenvalue weighted by atomic mass is 9.98. The van der Waals surface area contributed by atoms with Crippen LogP contribution in [-0.4, -0.2) is 18.4 Å². The molecule has 0 spiro atoms. The Kier molecular flexibility index (Phi) is 4.83. The van der Waals surface area contributed by atoms with Gasteiger partial charge in [-0.15, -0.1) is 0 Å². The summed E-state index contributed by atoms with van der Waals surface area (Å²) in [5, 5.41) is 0.543. The smallest absolute Gasteiger partial charge is 0.282 e. The largest absolute Gasteiger partial charge is 0.336 e. The molecule has 31 heavy (non-hydrogen) atoms. The van der Waals surface area contributed by atoms with E-state index in [1.54, 1.807) is 24.3 Å². The predicted molar refractivity (Wildman–Crippen MR) is 119 cm³/mol. The van der Waals surface area contributed by atoms with E-state index in [1.165, 1.54) is 24.3 Å². The van der Waals surface area contributed by atoms with Crippen molar-refractivity contribution in [3.05, 3.63) is 100 Å². The molecule has 0 N–H and O–H groups in total. The highest BCUT2D eigenvalue weighted by molar-refractivity contribution is 6.46. The van der Waals surface area contributed by atoms with Crippen LogP contribution >= 0.6 is 11.6 Å². The second kappa shape index (κ2) is 7.67. The first-order valence-corrected chi connectivity index (χ1v) is 10.4. The first-order valence-electron chi connectivity index (χ1n) is 10.0. The van der Waals surface area contributed by atoms with Crippen LogP contribution in [0.15, 0.2) is 78.5 Å². The summed E-state index contributed by atoms with van der Waals surface area (Å²) in [6.45, 7) is 0.625. The van der Waals surface area contributed by atoms with E-state index >= 15 is 0 Å². The summed E-state index contributed by atoms with van der Waals surface area (Å²) in [5.41, 5.74) is 3.68. The molecule has 0 fully saturated rings. The summed E-state index contributed by atoms with van der Waals surface area (Å²) in [5.74, 6) is -1.28. The van der Waals surface area contributed by atoms with E-state index in [0.717, 1.165) is 29.0 Å². The molecule has 0 saturated heterocycles. The van der Waals surface area contributed by atoms with E-state index in [1.807, 2.05) is 29.2 Å². The SMILES string of the molecule is O=C1C(c2ccc(Cl)cc2)=C(N2CCCc3ccccc32)C(=O)N1c1ccc(F)cc1. The second-order valence-corrected chi connectivity index (χ2v) is 7.97. The lowest BCUT2D eigenvalue weighted by molar-refractivity contribution is -0.120. The van der Waals surface area contributed by atoms with Gasteiger partial charge in [-0.1, -0.05) is 41.9 Å². The van der Waals surface area contributed by atoms with Crippen molar-refractivity contribution < 1.29 is 14.0 Å². The van der Waals surface area contributed by atoms with E-state index < -0.39 is 17.6 Å². The molecule has 0 bridgehead atoms. The van der Waals surface area contributed by atoms with Crippen LogP contribution in [0.5, 0.6) is 0 Å². The number of carbonyl (C=O) groups excluding carboxylic acids is 2. The first-order chi connectivity index (χ1) is 15.0. The van der Waals surface area contributed by atoms with Gasteiger partial charge in [0.05, 0.1) is 11.3 Å². The van der Waals surface area contributed by atoms with Crippen LogP contribution in [0, 0.1) is 5.82 Å². The number of aryl methyl sites for hydroxylation is 1. The lowest BCUT2D eigenvalue weighted by Crippen LogP contribution is -2.37. The third kappa shape index (κ3) is 3.31. The van der Waals surface area contributed by atoms with Crippen molar-refractivity contribution >= 4 is 40.4 Å². The van der Waals surface area contributed by atoms with Crippen molar-refractivity contribution in [1.29, 1.82) is 0 Å². The molecule has 3 aromatic carbocycles. The van der Waals surface area contributed by atoms with Crippen LogP contribution in [0.2, 0.25) is 5.02 Å². The molecule has 4 nitrogen and oxygen atoms in total. The van der Waals surface area contributed by atoms with Gasteiger partial charge in [0.1, 0.15) is 11.5 Å². The van der Waals surface area contributed by atoms with Crippen LogP contribution in [0.4, 0.5) is 15.8 Å². The highest BCUT2D eigenvalue weighted by atomic mass is 35.5. The van der Waals surface area contributed by atoms with Crippen molar-refractivity contribution in [2.24, 2.45) is 0 Å². The number of hydrogen-bond donors (Lipinski definition) is 0. The van der Waals surface area contributed by atoms with Crippen molar-refractivity contribution in [3.8, 4) is 0 Å². The third-order valence-corrected chi connectivity index (χ3v) is 5.91. The zero-order valence-corrected chi connectivity index (χ0v) is 17.3. The predicted octanol–water partition coefficient (Wildman–Crippen LogP) is 5.22. The minimum absolute atomic E-state index is 0.322. The minimum Gasteiger partial charge on any atom is -0.336 e. The van der Waals surface area contributed by atoms with E-state index in [4.69, 9.17) is 11.6 Å². The zero-order valence-electron chi connectivity index (χ0n) is 16.5. The first kappa shape index (κ1) is 19.5. The van der Waals surface area contributed by atoms with Crippen LogP contribution in [0.1, 0.15) is 17.5 Å². The van der Waals surface area contributed by atoms with Crippen LogP contribution < -0.4 is 9.80 Å². The maximum absolute atomic E-state index is 13.6. The Morgan fingerprint density at radius 3 is 2.29 bits per heavy atom. The molecule has 0 aliphatic carbocycles. The molecular weight excluding hydrogens is 415 g/mol. The molecule has 0 radical (unpaired) electrons.